The summed E-state index contributed by atoms with van der Waals surface area (Å²) in [5.41, 5.74) is 1.43. The van der Waals surface area contributed by atoms with Gasteiger partial charge >= 0.3 is 0 Å². The number of nitrogens with zero attached hydrogens (tertiary/aromatic N) is 2. The van der Waals surface area contributed by atoms with Gasteiger partial charge in [-0.05, 0) is 12.1 Å². The Bertz CT molecular complexity index is 523. The van der Waals surface area contributed by atoms with Gasteiger partial charge in [-0.3, -0.25) is 9.78 Å². The van der Waals surface area contributed by atoms with Crippen molar-refractivity contribution in [3.63, 3.8) is 0 Å². The van der Waals surface area contributed by atoms with Crippen LogP contribution in [0, 0.1) is 0 Å². The van der Waals surface area contributed by atoms with Gasteiger partial charge < -0.3 is 0 Å². The molecule has 0 bridgehead atoms. The smallest absolute Gasteiger partial charge is 0.260 e. The van der Waals surface area contributed by atoms with Crippen LogP contribution in [0.25, 0.3) is 11.0 Å². The number of halogens is 2. The van der Waals surface area contributed by atoms with Crippen LogP contribution in [0.2, 0.25) is 5.02 Å². The van der Waals surface area contributed by atoms with Gasteiger partial charge in [0.25, 0.3) is 5.56 Å². The molecule has 0 atom stereocenters. The maximum Gasteiger partial charge on any atom is 0.260 e. The Hall–Kier alpha value is -0.620. The topological polar surface area (TPSA) is 34.9 Å². The molecule has 5 heteroatoms. The zero-order valence-corrected chi connectivity index (χ0v) is 9.28. The standard InChI is InChI=1S/C8H4ClIN2O/c9-5-3-7-6(11-4-5)1-2-8(13)12(7)10/h1-4H. The molecular weight excluding hydrogens is 302 g/mol. The number of rotatable bonds is 0. The molecule has 2 rings (SSSR count). The Balaban J connectivity index is 2.97. The third-order valence-electron chi connectivity index (χ3n) is 1.65. The normalized spacial score (nSPS) is 10.6. The molecule has 0 aliphatic heterocycles. The molecule has 0 saturated carbocycles. The summed E-state index contributed by atoms with van der Waals surface area (Å²) in [7, 11) is 0. The van der Waals surface area contributed by atoms with Crippen molar-refractivity contribution >= 4 is 45.5 Å². The lowest BCUT2D eigenvalue weighted by atomic mass is 10.3. The summed E-state index contributed by atoms with van der Waals surface area (Å²) in [5, 5.41) is 0.531. The van der Waals surface area contributed by atoms with E-state index in [1.807, 2.05) is 22.9 Å². The van der Waals surface area contributed by atoms with Crippen molar-refractivity contribution in [1.82, 2.24) is 7.76 Å². The molecule has 0 aromatic carbocycles. The van der Waals surface area contributed by atoms with E-state index < -0.39 is 0 Å². The predicted octanol–water partition coefficient (Wildman–Crippen LogP) is 2.25. The zero-order valence-electron chi connectivity index (χ0n) is 6.37. The Labute approximate surface area is 92.8 Å². The molecule has 0 fully saturated rings. The molecule has 0 spiro atoms. The first-order chi connectivity index (χ1) is 6.18. The lowest BCUT2D eigenvalue weighted by molar-refractivity contribution is 1.24. The Morgan fingerprint density at radius 1 is 1.46 bits per heavy atom. The molecule has 0 unspecified atom stereocenters. The first-order valence-electron chi connectivity index (χ1n) is 3.52. The third-order valence-corrected chi connectivity index (χ3v) is 2.85. The highest BCUT2D eigenvalue weighted by Crippen LogP contribution is 2.15. The highest BCUT2D eigenvalue weighted by Gasteiger charge is 2.01. The molecule has 0 radical (unpaired) electrons. The fourth-order valence-corrected chi connectivity index (χ4v) is 1.76. The second-order valence-electron chi connectivity index (χ2n) is 2.51. The van der Waals surface area contributed by atoms with Crippen LogP contribution in [-0.4, -0.2) is 7.76 Å². The van der Waals surface area contributed by atoms with Crippen LogP contribution in [-0.2, 0) is 0 Å². The zero-order chi connectivity index (χ0) is 9.42. The number of hydrogen-bond acceptors (Lipinski definition) is 2. The summed E-state index contributed by atoms with van der Waals surface area (Å²) in [6.07, 6.45) is 1.56. The average Bonchev–Trinajstić information content (AvgIpc) is 2.12. The van der Waals surface area contributed by atoms with Gasteiger partial charge in [0.1, 0.15) is 0 Å². The predicted molar refractivity (Wildman–Crippen MR) is 60.4 cm³/mol. The first kappa shape index (κ1) is 8.96. The minimum Gasteiger partial charge on any atom is -0.269 e. The van der Waals surface area contributed by atoms with Crippen molar-refractivity contribution in [2.75, 3.05) is 0 Å². The second-order valence-corrected chi connectivity index (χ2v) is 3.91. The molecule has 0 amide bonds. The quantitative estimate of drug-likeness (QED) is 0.700. The molecule has 66 valence electrons. The number of fused-ring (bicyclic) bond motifs is 1. The minimum atomic E-state index is -0.0721. The fraction of sp³-hybridized carbons (Fsp3) is 0. The molecule has 2 aromatic heterocycles. The van der Waals surface area contributed by atoms with Crippen molar-refractivity contribution in [3.8, 4) is 0 Å². The summed E-state index contributed by atoms with van der Waals surface area (Å²) in [6, 6.07) is 4.89. The summed E-state index contributed by atoms with van der Waals surface area (Å²) in [4.78, 5) is 15.3. The summed E-state index contributed by atoms with van der Waals surface area (Å²) in [5.74, 6) is 0. The van der Waals surface area contributed by atoms with E-state index >= 15 is 0 Å². The van der Waals surface area contributed by atoms with E-state index in [1.165, 1.54) is 8.85 Å². The maximum absolute atomic E-state index is 11.2. The lowest BCUT2D eigenvalue weighted by Crippen LogP contribution is -2.10. The molecule has 0 aliphatic carbocycles. The van der Waals surface area contributed by atoms with Crippen molar-refractivity contribution in [3.05, 3.63) is 39.8 Å². The molecule has 0 N–H and O–H groups in total. The van der Waals surface area contributed by atoms with Crippen molar-refractivity contribution in [1.29, 1.82) is 0 Å². The SMILES string of the molecule is O=c1ccc2ncc(Cl)cc2n1I. The summed E-state index contributed by atoms with van der Waals surface area (Å²) < 4.78 is 1.49. The Morgan fingerprint density at radius 3 is 3.00 bits per heavy atom. The Kier molecular flexibility index (Phi) is 2.25. The molecule has 2 heterocycles. The number of pyridine rings is 2. The average molecular weight is 306 g/mol. The van der Waals surface area contributed by atoms with Crippen molar-refractivity contribution in [2.45, 2.75) is 0 Å². The molecule has 0 aliphatic rings. The van der Waals surface area contributed by atoms with Gasteiger partial charge in [-0.25, -0.2) is 2.78 Å². The van der Waals surface area contributed by atoms with E-state index in [0.29, 0.717) is 5.02 Å². The summed E-state index contributed by atoms with van der Waals surface area (Å²) >= 11 is 7.69. The molecule has 0 saturated heterocycles. The summed E-state index contributed by atoms with van der Waals surface area (Å²) in [6.45, 7) is 0. The maximum atomic E-state index is 11.2. The number of aromatic nitrogens is 2. The van der Waals surface area contributed by atoms with Gasteiger partial charge in [0, 0.05) is 12.3 Å². The minimum absolute atomic E-state index is 0.0721. The van der Waals surface area contributed by atoms with E-state index in [9.17, 15) is 4.79 Å². The highest BCUT2D eigenvalue weighted by atomic mass is 127. The van der Waals surface area contributed by atoms with Crippen molar-refractivity contribution < 1.29 is 0 Å². The van der Waals surface area contributed by atoms with Gasteiger partial charge in [0.2, 0.25) is 0 Å². The third kappa shape index (κ3) is 1.55. The first-order valence-corrected chi connectivity index (χ1v) is 4.86. The van der Waals surface area contributed by atoms with E-state index in [0.717, 1.165) is 11.0 Å². The van der Waals surface area contributed by atoms with Gasteiger partial charge in [-0.15, -0.1) is 0 Å². The van der Waals surface area contributed by atoms with Crippen LogP contribution in [0.1, 0.15) is 0 Å². The van der Waals surface area contributed by atoms with E-state index in [4.69, 9.17) is 11.6 Å². The molecular formula is C8H4ClIN2O. The highest BCUT2D eigenvalue weighted by molar-refractivity contribution is 14.1. The van der Waals surface area contributed by atoms with Gasteiger partial charge in [-0.2, -0.15) is 0 Å². The van der Waals surface area contributed by atoms with Crippen LogP contribution in [0.4, 0.5) is 0 Å². The molecule has 3 nitrogen and oxygen atoms in total. The van der Waals surface area contributed by atoms with Gasteiger partial charge in [0.05, 0.1) is 38.9 Å². The van der Waals surface area contributed by atoms with E-state index in [1.54, 1.807) is 18.3 Å². The van der Waals surface area contributed by atoms with Crippen LogP contribution in [0.5, 0.6) is 0 Å². The van der Waals surface area contributed by atoms with Gasteiger partial charge in [-0.1, -0.05) is 11.6 Å². The monoisotopic (exact) mass is 306 g/mol. The lowest BCUT2D eigenvalue weighted by Gasteiger charge is -2.00. The Morgan fingerprint density at radius 2 is 2.23 bits per heavy atom. The second kappa shape index (κ2) is 3.26. The van der Waals surface area contributed by atoms with Crippen LogP contribution in [0.15, 0.2) is 29.2 Å². The largest absolute Gasteiger partial charge is 0.269 e. The van der Waals surface area contributed by atoms with Gasteiger partial charge in [0.15, 0.2) is 0 Å². The van der Waals surface area contributed by atoms with Crippen LogP contribution < -0.4 is 5.56 Å². The van der Waals surface area contributed by atoms with E-state index in [2.05, 4.69) is 4.98 Å². The van der Waals surface area contributed by atoms with Crippen molar-refractivity contribution in [2.24, 2.45) is 0 Å². The molecule has 2 aromatic rings. The van der Waals surface area contributed by atoms with Crippen LogP contribution in [0.3, 0.4) is 0 Å². The molecule has 13 heavy (non-hydrogen) atoms. The van der Waals surface area contributed by atoms with Crippen LogP contribution >= 0.6 is 34.5 Å². The fourth-order valence-electron chi connectivity index (χ4n) is 1.06. The number of hydrogen-bond donors (Lipinski definition) is 0. The van der Waals surface area contributed by atoms with E-state index in [-0.39, 0.29) is 5.56 Å².